The average Bonchev–Trinajstić information content (AvgIpc) is 2.34. The van der Waals surface area contributed by atoms with Crippen LogP contribution in [0.25, 0.3) is 0 Å². The number of hydrogen-bond donors (Lipinski definition) is 1. The summed E-state index contributed by atoms with van der Waals surface area (Å²) in [6, 6.07) is 0.582. The third kappa shape index (κ3) is 5.02. The minimum atomic E-state index is -3.27. The zero-order valence-electron chi connectivity index (χ0n) is 12.7. The van der Waals surface area contributed by atoms with Crippen LogP contribution in [-0.2, 0) is 10.2 Å². The predicted molar refractivity (Wildman–Crippen MR) is 79.3 cm³/mol. The van der Waals surface area contributed by atoms with E-state index in [1.807, 2.05) is 6.92 Å². The molecule has 0 aromatic heterocycles. The molecule has 1 rings (SSSR count). The Labute approximate surface area is 118 Å². The fourth-order valence-corrected chi connectivity index (χ4v) is 4.04. The Morgan fingerprint density at radius 1 is 1.37 bits per heavy atom. The fourth-order valence-electron chi connectivity index (χ4n) is 2.40. The first-order valence-electron chi connectivity index (χ1n) is 7.32. The van der Waals surface area contributed by atoms with E-state index < -0.39 is 10.2 Å². The van der Waals surface area contributed by atoms with Crippen LogP contribution in [0.15, 0.2) is 0 Å². The van der Waals surface area contributed by atoms with Gasteiger partial charge in [-0.15, -0.1) is 0 Å². The maximum absolute atomic E-state index is 12.5. The third-order valence-electron chi connectivity index (χ3n) is 3.63. The monoisotopic (exact) mass is 291 g/mol. The van der Waals surface area contributed by atoms with Crippen LogP contribution in [-0.4, -0.2) is 55.8 Å². The molecular formula is C13H29N3O2S. The molecule has 1 heterocycles. The zero-order valence-corrected chi connectivity index (χ0v) is 13.5. The van der Waals surface area contributed by atoms with Crippen LogP contribution in [0.4, 0.5) is 0 Å². The number of hydrogen-bond acceptors (Lipinski definition) is 3. The van der Waals surface area contributed by atoms with Gasteiger partial charge >= 0.3 is 0 Å². The van der Waals surface area contributed by atoms with E-state index in [9.17, 15) is 8.42 Å². The molecule has 0 amide bonds. The lowest BCUT2D eigenvalue weighted by atomic mass is 10.1. The van der Waals surface area contributed by atoms with Crippen LogP contribution in [0.3, 0.4) is 0 Å². The Balaban J connectivity index is 2.46. The van der Waals surface area contributed by atoms with Gasteiger partial charge < -0.3 is 5.32 Å². The van der Waals surface area contributed by atoms with E-state index in [1.165, 1.54) is 4.31 Å². The van der Waals surface area contributed by atoms with Crippen LogP contribution in [0.2, 0.25) is 0 Å². The summed E-state index contributed by atoms with van der Waals surface area (Å²) in [5.41, 5.74) is 0. The van der Waals surface area contributed by atoms with Gasteiger partial charge in [-0.05, 0) is 32.7 Å². The summed E-state index contributed by atoms with van der Waals surface area (Å²) in [4.78, 5) is 0. The molecule has 0 aliphatic carbocycles. The molecule has 1 saturated heterocycles. The standard InChI is InChI=1S/C13H29N3O2S/c1-12(2)14-9-7-10-15(4)19(17,18)16-11-6-5-8-13(16)3/h12-14H,5-11H2,1-4H3. The Morgan fingerprint density at radius 3 is 2.63 bits per heavy atom. The normalized spacial score (nSPS) is 22.3. The van der Waals surface area contributed by atoms with Gasteiger partial charge in [0.1, 0.15) is 0 Å². The number of rotatable bonds is 7. The van der Waals surface area contributed by atoms with Crippen molar-refractivity contribution in [2.75, 3.05) is 26.7 Å². The number of nitrogens with zero attached hydrogens (tertiary/aromatic N) is 2. The Hall–Kier alpha value is -0.170. The van der Waals surface area contributed by atoms with Gasteiger partial charge in [0, 0.05) is 32.2 Å². The van der Waals surface area contributed by atoms with Crippen molar-refractivity contribution >= 4 is 10.2 Å². The molecule has 1 aliphatic rings. The minimum absolute atomic E-state index is 0.134. The summed E-state index contributed by atoms with van der Waals surface area (Å²) in [6.45, 7) is 8.28. The van der Waals surface area contributed by atoms with Gasteiger partial charge in [-0.25, -0.2) is 0 Å². The number of nitrogens with one attached hydrogen (secondary N) is 1. The molecule has 0 aromatic carbocycles. The van der Waals surface area contributed by atoms with Crippen molar-refractivity contribution in [1.82, 2.24) is 13.9 Å². The second-order valence-electron chi connectivity index (χ2n) is 5.75. The van der Waals surface area contributed by atoms with Crippen molar-refractivity contribution in [3.8, 4) is 0 Å². The Kier molecular flexibility index (Phi) is 6.73. The van der Waals surface area contributed by atoms with E-state index in [1.54, 1.807) is 11.4 Å². The molecule has 0 saturated carbocycles. The summed E-state index contributed by atoms with van der Waals surface area (Å²) >= 11 is 0. The summed E-state index contributed by atoms with van der Waals surface area (Å²) in [5.74, 6) is 0. The van der Waals surface area contributed by atoms with Crippen molar-refractivity contribution in [3.63, 3.8) is 0 Å². The second kappa shape index (κ2) is 7.57. The summed E-state index contributed by atoms with van der Waals surface area (Å²) in [5, 5.41) is 3.31. The van der Waals surface area contributed by atoms with Crippen molar-refractivity contribution in [2.24, 2.45) is 0 Å². The molecule has 6 heteroatoms. The Morgan fingerprint density at radius 2 is 2.05 bits per heavy atom. The molecule has 1 fully saturated rings. The van der Waals surface area contributed by atoms with Gasteiger partial charge in [-0.2, -0.15) is 17.0 Å². The van der Waals surface area contributed by atoms with Crippen LogP contribution in [0.5, 0.6) is 0 Å². The van der Waals surface area contributed by atoms with Gasteiger partial charge in [0.2, 0.25) is 0 Å². The first kappa shape index (κ1) is 16.9. The van der Waals surface area contributed by atoms with Crippen molar-refractivity contribution in [2.45, 2.75) is 58.5 Å². The lowest BCUT2D eigenvalue weighted by Crippen LogP contribution is -2.48. The van der Waals surface area contributed by atoms with Crippen LogP contribution >= 0.6 is 0 Å². The molecule has 0 radical (unpaired) electrons. The SMILES string of the molecule is CC(C)NCCCN(C)S(=O)(=O)N1CCCCC1C. The maximum atomic E-state index is 12.5. The van der Waals surface area contributed by atoms with Crippen molar-refractivity contribution in [1.29, 1.82) is 0 Å². The lowest BCUT2D eigenvalue weighted by molar-refractivity contribution is 0.249. The lowest BCUT2D eigenvalue weighted by Gasteiger charge is -2.35. The molecule has 19 heavy (non-hydrogen) atoms. The van der Waals surface area contributed by atoms with Gasteiger partial charge in [0.15, 0.2) is 0 Å². The highest BCUT2D eigenvalue weighted by Gasteiger charge is 2.32. The predicted octanol–water partition coefficient (Wildman–Crippen LogP) is 1.43. The molecule has 1 N–H and O–H groups in total. The first-order chi connectivity index (χ1) is 8.85. The van der Waals surface area contributed by atoms with Gasteiger partial charge in [-0.3, -0.25) is 0 Å². The highest BCUT2D eigenvalue weighted by atomic mass is 32.2. The first-order valence-corrected chi connectivity index (χ1v) is 8.72. The summed E-state index contributed by atoms with van der Waals surface area (Å²) in [6.07, 6.45) is 3.93. The highest BCUT2D eigenvalue weighted by Crippen LogP contribution is 2.21. The molecule has 1 unspecified atom stereocenters. The van der Waals surface area contributed by atoms with Gasteiger partial charge in [0.05, 0.1) is 0 Å². The largest absolute Gasteiger partial charge is 0.314 e. The average molecular weight is 291 g/mol. The second-order valence-corrected chi connectivity index (χ2v) is 7.74. The highest BCUT2D eigenvalue weighted by molar-refractivity contribution is 7.86. The van der Waals surface area contributed by atoms with Crippen LogP contribution in [0, 0.1) is 0 Å². The van der Waals surface area contributed by atoms with E-state index in [2.05, 4.69) is 19.2 Å². The maximum Gasteiger partial charge on any atom is 0.281 e. The molecular weight excluding hydrogens is 262 g/mol. The quantitative estimate of drug-likeness (QED) is 0.722. The van der Waals surface area contributed by atoms with Gasteiger partial charge in [-0.1, -0.05) is 20.3 Å². The summed E-state index contributed by atoms with van der Waals surface area (Å²) < 4.78 is 28.1. The third-order valence-corrected chi connectivity index (χ3v) is 5.74. The Bertz CT molecular complexity index is 357. The molecule has 114 valence electrons. The number of piperidine rings is 1. The minimum Gasteiger partial charge on any atom is -0.314 e. The molecule has 0 aromatic rings. The molecule has 0 spiro atoms. The molecule has 0 bridgehead atoms. The molecule has 1 aliphatic heterocycles. The van der Waals surface area contributed by atoms with E-state index in [4.69, 9.17) is 0 Å². The van der Waals surface area contributed by atoms with E-state index in [0.717, 1.165) is 32.2 Å². The smallest absolute Gasteiger partial charge is 0.281 e. The van der Waals surface area contributed by atoms with E-state index in [0.29, 0.717) is 19.1 Å². The molecule has 1 atom stereocenters. The summed E-state index contributed by atoms with van der Waals surface area (Å²) in [7, 11) is -1.59. The fraction of sp³-hybridized carbons (Fsp3) is 1.00. The van der Waals surface area contributed by atoms with E-state index in [-0.39, 0.29) is 6.04 Å². The van der Waals surface area contributed by atoms with Gasteiger partial charge in [0.25, 0.3) is 10.2 Å². The van der Waals surface area contributed by atoms with Crippen molar-refractivity contribution < 1.29 is 8.42 Å². The zero-order chi connectivity index (χ0) is 14.5. The van der Waals surface area contributed by atoms with Crippen LogP contribution < -0.4 is 5.32 Å². The topological polar surface area (TPSA) is 52.7 Å². The van der Waals surface area contributed by atoms with Crippen molar-refractivity contribution in [3.05, 3.63) is 0 Å². The molecule has 5 nitrogen and oxygen atoms in total. The van der Waals surface area contributed by atoms with E-state index >= 15 is 0 Å². The van der Waals surface area contributed by atoms with Crippen LogP contribution in [0.1, 0.15) is 46.5 Å².